The molecule has 106 valence electrons. The molecule has 1 N–H and O–H groups in total. The van der Waals surface area contributed by atoms with Crippen molar-refractivity contribution < 1.29 is 14.3 Å². The molecule has 0 aliphatic rings. The Hall–Kier alpha value is -0.980. The molecule has 1 rings (SSSR count). The summed E-state index contributed by atoms with van der Waals surface area (Å²) in [5.74, 6) is -0.0969. The van der Waals surface area contributed by atoms with Gasteiger partial charge in [-0.15, -0.1) is 0 Å². The monoisotopic (exact) mass is 330 g/mol. The zero-order valence-electron chi connectivity index (χ0n) is 11.0. The summed E-state index contributed by atoms with van der Waals surface area (Å²) in [4.78, 5) is 15.7. The van der Waals surface area contributed by atoms with Crippen LogP contribution in [0.2, 0.25) is 0 Å². The first-order valence-corrected chi connectivity index (χ1v) is 7.00. The average molecular weight is 331 g/mol. The summed E-state index contributed by atoms with van der Waals surface area (Å²) in [7, 11) is 1.65. The van der Waals surface area contributed by atoms with Gasteiger partial charge in [-0.05, 0) is 40.9 Å². The van der Waals surface area contributed by atoms with E-state index in [1.165, 1.54) is 0 Å². The molecule has 0 aliphatic heterocycles. The van der Waals surface area contributed by atoms with Crippen molar-refractivity contribution in [2.75, 3.05) is 33.5 Å². The molecule has 1 heterocycles. The zero-order chi connectivity index (χ0) is 13.9. The maximum atomic E-state index is 11.7. The summed E-state index contributed by atoms with van der Waals surface area (Å²) < 4.78 is 10.9. The van der Waals surface area contributed by atoms with E-state index in [1.807, 2.05) is 0 Å². The molecule has 1 amide bonds. The summed E-state index contributed by atoms with van der Waals surface area (Å²) >= 11 is 3.23. The van der Waals surface area contributed by atoms with Crippen LogP contribution in [0.15, 0.2) is 22.9 Å². The van der Waals surface area contributed by atoms with Gasteiger partial charge in [-0.2, -0.15) is 0 Å². The third-order valence-electron chi connectivity index (χ3n) is 2.42. The summed E-state index contributed by atoms with van der Waals surface area (Å²) in [6, 6.07) is 3.48. The maximum Gasteiger partial charge on any atom is 0.252 e. The van der Waals surface area contributed by atoms with Gasteiger partial charge in [0.1, 0.15) is 4.60 Å². The molecule has 0 aliphatic carbocycles. The molecular formula is C13H19BrN2O3. The van der Waals surface area contributed by atoms with Crippen molar-refractivity contribution in [1.29, 1.82) is 0 Å². The molecule has 6 heteroatoms. The topological polar surface area (TPSA) is 60.5 Å². The number of hydrogen-bond acceptors (Lipinski definition) is 4. The van der Waals surface area contributed by atoms with Crippen LogP contribution in [0.1, 0.15) is 23.2 Å². The van der Waals surface area contributed by atoms with Gasteiger partial charge in [-0.1, -0.05) is 0 Å². The van der Waals surface area contributed by atoms with Crippen LogP contribution in [0.4, 0.5) is 0 Å². The highest BCUT2D eigenvalue weighted by atomic mass is 79.9. The van der Waals surface area contributed by atoms with Crippen molar-refractivity contribution in [3.63, 3.8) is 0 Å². The number of carbonyl (C=O) groups is 1. The second-order valence-corrected chi connectivity index (χ2v) is 4.75. The van der Waals surface area contributed by atoms with Gasteiger partial charge in [-0.25, -0.2) is 4.98 Å². The van der Waals surface area contributed by atoms with E-state index in [0.29, 0.717) is 31.9 Å². The van der Waals surface area contributed by atoms with Crippen LogP contribution in [-0.2, 0) is 9.47 Å². The van der Waals surface area contributed by atoms with E-state index in [1.54, 1.807) is 25.4 Å². The Morgan fingerprint density at radius 2 is 2.16 bits per heavy atom. The van der Waals surface area contributed by atoms with E-state index in [-0.39, 0.29) is 5.91 Å². The predicted octanol–water partition coefficient (Wildman–Crippen LogP) is 2.02. The van der Waals surface area contributed by atoms with Gasteiger partial charge < -0.3 is 14.8 Å². The smallest absolute Gasteiger partial charge is 0.252 e. The van der Waals surface area contributed by atoms with E-state index in [9.17, 15) is 4.79 Å². The summed E-state index contributed by atoms with van der Waals surface area (Å²) in [6.45, 7) is 2.57. The van der Waals surface area contributed by atoms with Crippen LogP contribution in [0.25, 0.3) is 0 Å². The first kappa shape index (κ1) is 16.1. The number of hydrogen-bond donors (Lipinski definition) is 1. The van der Waals surface area contributed by atoms with Gasteiger partial charge in [0.2, 0.25) is 0 Å². The number of nitrogens with zero attached hydrogens (tertiary/aromatic N) is 1. The van der Waals surface area contributed by atoms with E-state index >= 15 is 0 Å². The van der Waals surface area contributed by atoms with Gasteiger partial charge in [-0.3, -0.25) is 4.79 Å². The Kier molecular flexibility index (Phi) is 8.36. The number of aromatic nitrogens is 1. The number of methoxy groups -OCH3 is 1. The molecule has 0 radical (unpaired) electrons. The minimum absolute atomic E-state index is 0.0969. The quantitative estimate of drug-likeness (QED) is 0.556. The molecule has 19 heavy (non-hydrogen) atoms. The minimum atomic E-state index is -0.0969. The number of nitrogens with one attached hydrogen (secondary N) is 1. The molecule has 0 saturated heterocycles. The highest BCUT2D eigenvalue weighted by Crippen LogP contribution is 2.06. The van der Waals surface area contributed by atoms with E-state index < -0.39 is 0 Å². The summed E-state index contributed by atoms with van der Waals surface area (Å²) in [5.41, 5.74) is 0.569. The number of carbonyl (C=O) groups excluding carboxylic acids is 1. The number of rotatable bonds is 9. The fourth-order valence-electron chi connectivity index (χ4n) is 1.39. The maximum absolute atomic E-state index is 11.7. The molecule has 0 bridgehead atoms. The summed E-state index contributed by atoms with van der Waals surface area (Å²) in [6.07, 6.45) is 3.36. The van der Waals surface area contributed by atoms with Crippen LogP contribution in [-0.4, -0.2) is 44.4 Å². The Morgan fingerprint density at radius 3 is 2.84 bits per heavy atom. The zero-order valence-corrected chi connectivity index (χ0v) is 12.6. The van der Waals surface area contributed by atoms with Gasteiger partial charge in [0, 0.05) is 26.5 Å². The number of ether oxygens (including phenoxy) is 2. The van der Waals surface area contributed by atoms with Crippen molar-refractivity contribution in [3.05, 3.63) is 28.5 Å². The molecule has 0 aromatic carbocycles. The minimum Gasteiger partial charge on any atom is -0.382 e. The Balaban J connectivity index is 2.06. The van der Waals surface area contributed by atoms with E-state index in [4.69, 9.17) is 9.47 Å². The van der Waals surface area contributed by atoms with E-state index in [2.05, 4.69) is 26.2 Å². The molecule has 0 unspecified atom stereocenters. The van der Waals surface area contributed by atoms with Crippen LogP contribution >= 0.6 is 15.9 Å². The van der Waals surface area contributed by atoms with Crippen LogP contribution in [0, 0.1) is 0 Å². The first-order valence-electron chi connectivity index (χ1n) is 6.20. The first-order chi connectivity index (χ1) is 9.24. The lowest BCUT2D eigenvalue weighted by Crippen LogP contribution is -2.24. The Bertz CT molecular complexity index is 371. The highest BCUT2D eigenvalue weighted by Gasteiger charge is 2.04. The number of unbranched alkanes of at least 4 members (excludes halogenated alkanes) is 1. The molecule has 0 atom stereocenters. The van der Waals surface area contributed by atoms with Crippen molar-refractivity contribution in [3.8, 4) is 0 Å². The summed E-state index contributed by atoms with van der Waals surface area (Å²) in [5, 5.41) is 2.85. The SMILES string of the molecule is COCCOCCCCNC(=O)c1ccc(Br)nc1. The number of halogens is 1. The van der Waals surface area contributed by atoms with Crippen LogP contribution < -0.4 is 5.32 Å². The second kappa shape index (κ2) is 9.89. The largest absolute Gasteiger partial charge is 0.382 e. The molecule has 1 aromatic heterocycles. The van der Waals surface area contributed by atoms with Crippen LogP contribution in [0.3, 0.4) is 0 Å². The second-order valence-electron chi connectivity index (χ2n) is 3.94. The molecule has 0 saturated carbocycles. The highest BCUT2D eigenvalue weighted by molar-refractivity contribution is 9.10. The van der Waals surface area contributed by atoms with Gasteiger partial charge in [0.15, 0.2) is 0 Å². The number of amides is 1. The fraction of sp³-hybridized carbons (Fsp3) is 0.538. The van der Waals surface area contributed by atoms with Gasteiger partial charge in [0.25, 0.3) is 5.91 Å². The van der Waals surface area contributed by atoms with Crippen LogP contribution in [0.5, 0.6) is 0 Å². The molecular weight excluding hydrogens is 312 g/mol. The third-order valence-corrected chi connectivity index (χ3v) is 2.89. The normalized spacial score (nSPS) is 10.4. The van der Waals surface area contributed by atoms with Crippen molar-refractivity contribution >= 4 is 21.8 Å². The lowest BCUT2D eigenvalue weighted by Gasteiger charge is -2.06. The standard InChI is InChI=1S/C13H19BrN2O3/c1-18-8-9-19-7-3-2-6-15-13(17)11-4-5-12(14)16-10-11/h4-5,10H,2-3,6-9H2,1H3,(H,15,17). The molecule has 5 nitrogen and oxygen atoms in total. The lowest BCUT2D eigenvalue weighted by atomic mass is 10.2. The van der Waals surface area contributed by atoms with E-state index in [0.717, 1.165) is 17.4 Å². The Morgan fingerprint density at radius 1 is 1.32 bits per heavy atom. The fourth-order valence-corrected chi connectivity index (χ4v) is 1.62. The van der Waals surface area contributed by atoms with Crippen molar-refractivity contribution in [2.45, 2.75) is 12.8 Å². The third kappa shape index (κ3) is 7.25. The van der Waals surface area contributed by atoms with Crippen molar-refractivity contribution in [1.82, 2.24) is 10.3 Å². The average Bonchev–Trinajstić information content (AvgIpc) is 2.42. The van der Waals surface area contributed by atoms with Crippen molar-refractivity contribution in [2.24, 2.45) is 0 Å². The lowest BCUT2D eigenvalue weighted by molar-refractivity contribution is 0.0686. The number of pyridine rings is 1. The molecule has 0 spiro atoms. The van der Waals surface area contributed by atoms with Gasteiger partial charge >= 0.3 is 0 Å². The molecule has 0 fully saturated rings. The molecule has 1 aromatic rings. The van der Waals surface area contributed by atoms with Gasteiger partial charge in [0.05, 0.1) is 18.8 Å². The Labute approximate surface area is 121 Å². The predicted molar refractivity (Wildman–Crippen MR) is 76.2 cm³/mol.